The Bertz CT molecular complexity index is 783. The molecule has 2 heterocycles. The molecule has 0 radical (unpaired) electrons. The molecule has 0 saturated carbocycles. The van der Waals surface area contributed by atoms with Crippen molar-refractivity contribution in [2.24, 2.45) is 0 Å². The molecule has 0 aliphatic carbocycles. The van der Waals surface area contributed by atoms with Gasteiger partial charge >= 0.3 is 0 Å². The highest BCUT2D eigenvalue weighted by molar-refractivity contribution is 5.51. The monoisotopic (exact) mass is 373 g/mol. The van der Waals surface area contributed by atoms with Crippen LogP contribution in [0.4, 0.5) is 33.3 Å². The zero-order valence-corrected chi connectivity index (χ0v) is 13.6. The highest BCUT2D eigenvalue weighted by atomic mass is 19.2. The maximum absolute atomic E-state index is 14.3. The average molecular weight is 373 g/mol. The fourth-order valence-corrected chi connectivity index (χ4v) is 2.86. The van der Waals surface area contributed by atoms with Crippen LogP contribution in [-0.2, 0) is 6.54 Å². The summed E-state index contributed by atoms with van der Waals surface area (Å²) in [5.41, 5.74) is -0.303. The van der Waals surface area contributed by atoms with Gasteiger partial charge in [-0.3, -0.25) is 0 Å². The van der Waals surface area contributed by atoms with Crippen LogP contribution < -0.4 is 10.2 Å². The van der Waals surface area contributed by atoms with Gasteiger partial charge in [0.2, 0.25) is 11.6 Å². The number of nitrogens with zero attached hydrogens (tertiary/aromatic N) is 2. The second kappa shape index (κ2) is 7.45. The number of benzene rings is 1. The Morgan fingerprint density at radius 2 is 1.65 bits per heavy atom. The molecule has 1 aromatic carbocycles. The molecule has 4 nitrogen and oxygen atoms in total. The summed E-state index contributed by atoms with van der Waals surface area (Å²) in [5, 5.41) is 11.7. The molecule has 0 amide bonds. The molecule has 26 heavy (non-hydrogen) atoms. The van der Waals surface area contributed by atoms with Crippen molar-refractivity contribution in [3.63, 3.8) is 0 Å². The number of anilines is 2. The smallest absolute Gasteiger partial charge is 0.253 e. The third-order valence-corrected chi connectivity index (χ3v) is 4.28. The summed E-state index contributed by atoms with van der Waals surface area (Å²) in [4.78, 5) is 4.26. The van der Waals surface area contributed by atoms with Gasteiger partial charge in [0.15, 0.2) is 0 Å². The molecule has 3 rings (SSSR count). The standard InChI is InChI=1S/C17H16F5N3O/c18-11-7-9(1-2-12(11)25-5-3-10(26)4-6-25)8-23-15-13(19)16(21)24-17(22)14(15)20/h1-2,7,10,26H,3-6,8H2,(H,23,24). The van der Waals surface area contributed by atoms with Gasteiger partial charge in [-0.15, -0.1) is 0 Å². The first-order valence-corrected chi connectivity index (χ1v) is 8.02. The van der Waals surface area contributed by atoms with Gasteiger partial charge in [-0.1, -0.05) is 6.07 Å². The van der Waals surface area contributed by atoms with E-state index in [1.165, 1.54) is 12.1 Å². The van der Waals surface area contributed by atoms with E-state index in [1.807, 2.05) is 0 Å². The van der Waals surface area contributed by atoms with Crippen LogP contribution >= 0.6 is 0 Å². The topological polar surface area (TPSA) is 48.4 Å². The summed E-state index contributed by atoms with van der Waals surface area (Å²) in [5.74, 6) is -7.35. The van der Waals surface area contributed by atoms with Crippen LogP contribution in [0.15, 0.2) is 18.2 Å². The Kier molecular flexibility index (Phi) is 5.26. The Morgan fingerprint density at radius 3 is 2.23 bits per heavy atom. The van der Waals surface area contributed by atoms with Gasteiger partial charge in [0.25, 0.3) is 11.9 Å². The van der Waals surface area contributed by atoms with E-state index in [0.29, 0.717) is 37.2 Å². The quantitative estimate of drug-likeness (QED) is 0.638. The first-order chi connectivity index (χ1) is 12.4. The Morgan fingerprint density at radius 1 is 1.04 bits per heavy atom. The minimum atomic E-state index is -1.76. The van der Waals surface area contributed by atoms with Gasteiger partial charge in [0.05, 0.1) is 11.8 Å². The number of aromatic nitrogens is 1. The molecule has 2 N–H and O–H groups in total. The highest BCUT2D eigenvalue weighted by Gasteiger charge is 2.22. The van der Waals surface area contributed by atoms with Crippen molar-refractivity contribution in [2.75, 3.05) is 23.3 Å². The molecular formula is C17H16F5N3O. The minimum absolute atomic E-state index is 0.243. The summed E-state index contributed by atoms with van der Waals surface area (Å²) >= 11 is 0. The molecule has 0 bridgehead atoms. The Balaban J connectivity index is 1.73. The number of aliphatic hydroxyl groups excluding tert-OH is 1. The van der Waals surface area contributed by atoms with Crippen molar-refractivity contribution in [2.45, 2.75) is 25.5 Å². The summed E-state index contributed by atoms with van der Waals surface area (Å²) in [6.45, 7) is 0.788. The molecule has 9 heteroatoms. The third kappa shape index (κ3) is 3.72. The van der Waals surface area contributed by atoms with Crippen molar-refractivity contribution in [3.05, 3.63) is 53.1 Å². The highest BCUT2D eigenvalue weighted by Crippen LogP contribution is 2.26. The zero-order valence-electron chi connectivity index (χ0n) is 13.6. The molecule has 1 saturated heterocycles. The van der Waals surface area contributed by atoms with Crippen LogP contribution in [0.25, 0.3) is 0 Å². The fourth-order valence-electron chi connectivity index (χ4n) is 2.86. The molecule has 1 aliphatic heterocycles. The van der Waals surface area contributed by atoms with Crippen molar-refractivity contribution >= 4 is 11.4 Å². The van der Waals surface area contributed by atoms with Crippen LogP contribution in [0.3, 0.4) is 0 Å². The molecule has 2 aromatic rings. The number of hydrogen-bond donors (Lipinski definition) is 2. The number of piperidine rings is 1. The van der Waals surface area contributed by atoms with Crippen molar-refractivity contribution < 1.29 is 27.1 Å². The van der Waals surface area contributed by atoms with Gasteiger partial charge in [-0.05, 0) is 30.5 Å². The summed E-state index contributed by atoms with van der Waals surface area (Å²) in [6, 6.07) is 4.24. The summed E-state index contributed by atoms with van der Waals surface area (Å²) < 4.78 is 67.6. The number of pyridine rings is 1. The van der Waals surface area contributed by atoms with Crippen molar-refractivity contribution in [3.8, 4) is 0 Å². The lowest BCUT2D eigenvalue weighted by Gasteiger charge is -2.31. The van der Waals surface area contributed by atoms with Gasteiger partial charge in [0, 0.05) is 19.6 Å². The number of rotatable bonds is 4. The number of aliphatic hydroxyl groups is 1. The predicted octanol–water partition coefficient (Wildman–Crippen LogP) is 3.35. The largest absolute Gasteiger partial charge is 0.393 e. The second-order valence-electron chi connectivity index (χ2n) is 6.05. The van der Waals surface area contributed by atoms with Crippen LogP contribution in [0.1, 0.15) is 18.4 Å². The number of nitrogens with one attached hydrogen (secondary N) is 1. The summed E-state index contributed by atoms with van der Waals surface area (Å²) in [7, 11) is 0. The Labute approximate surface area is 146 Å². The van der Waals surface area contributed by atoms with Crippen molar-refractivity contribution in [1.29, 1.82) is 0 Å². The predicted molar refractivity (Wildman–Crippen MR) is 85.2 cm³/mol. The maximum Gasteiger partial charge on any atom is 0.253 e. The SMILES string of the molecule is OC1CCN(c2ccc(CNc3c(F)c(F)nc(F)c3F)cc2F)CC1. The third-order valence-electron chi connectivity index (χ3n) is 4.28. The van der Waals surface area contributed by atoms with Crippen LogP contribution in [0.2, 0.25) is 0 Å². The lowest BCUT2D eigenvalue weighted by Crippen LogP contribution is -2.36. The van der Waals surface area contributed by atoms with Crippen LogP contribution in [-0.4, -0.2) is 29.3 Å². The molecular weight excluding hydrogens is 357 g/mol. The van der Waals surface area contributed by atoms with Gasteiger partial charge in [-0.25, -0.2) is 4.39 Å². The molecule has 1 aliphatic rings. The van der Waals surface area contributed by atoms with Gasteiger partial charge in [0.1, 0.15) is 11.5 Å². The first kappa shape index (κ1) is 18.4. The maximum atomic E-state index is 14.3. The number of halogens is 5. The van der Waals surface area contributed by atoms with E-state index in [1.54, 1.807) is 11.0 Å². The lowest BCUT2D eigenvalue weighted by atomic mass is 10.1. The number of hydrogen-bond acceptors (Lipinski definition) is 4. The fraction of sp³-hybridized carbons (Fsp3) is 0.353. The van der Waals surface area contributed by atoms with E-state index in [9.17, 15) is 27.1 Å². The van der Waals surface area contributed by atoms with Crippen LogP contribution in [0, 0.1) is 29.3 Å². The van der Waals surface area contributed by atoms with Gasteiger partial charge in [-0.2, -0.15) is 22.5 Å². The van der Waals surface area contributed by atoms with E-state index < -0.39 is 35.0 Å². The minimum Gasteiger partial charge on any atom is -0.393 e. The second-order valence-corrected chi connectivity index (χ2v) is 6.05. The summed E-state index contributed by atoms with van der Waals surface area (Å²) in [6.07, 6.45) is 0.699. The van der Waals surface area contributed by atoms with E-state index in [2.05, 4.69) is 10.3 Å². The van der Waals surface area contributed by atoms with E-state index >= 15 is 0 Å². The Hall–Kier alpha value is -2.42. The zero-order chi connectivity index (χ0) is 18.8. The van der Waals surface area contributed by atoms with E-state index in [-0.39, 0.29) is 12.6 Å². The molecule has 140 valence electrons. The van der Waals surface area contributed by atoms with Crippen LogP contribution in [0.5, 0.6) is 0 Å². The molecule has 1 fully saturated rings. The first-order valence-electron chi connectivity index (χ1n) is 8.02. The lowest BCUT2D eigenvalue weighted by molar-refractivity contribution is 0.145. The normalized spacial score (nSPS) is 15.4. The van der Waals surface area contributed by atoms with E-state index in [0.717, 1.165) is 0 Å². The van der Waals surface area contributed by atoms with Crippen molar-refractivity contribution in [1.82, 2.24) is 4.98 Å². The molecule has 0 atom stereocenters. The van der Waals surface area contributed by atoms with Gasteiger partial charge < -0.3 is 15.3 Å². The molecule has 0 spiro atoms. The van der Waals surface area contributed by atoms with E-state index in [4.69, 9.17) is 0 Å². The molecule has 0 unspecified atom stereocenters. The molecule has 1 aromatic heterocycles. The average Bonchev–Trinajstić information content (AvgIpc) is 2.61.